The van der Waals surface area contributed by atoms with E-state index in [1.165, 1.54) is 37.8 Å². The van der Waals surface area contributed by atoms with Crippen molar-refractivity contribution in [2.45, 2.75) is 51.6 Å². The van der Waals surface area contributed by atoms with E-state index >= 15 is 0 Å². The lowest BCUT2D eigenvalue weighted by molar-refractivity contribution is -0.0127. The Bertz CT molecular complexity index is 487. The van der Waals surface area contributed by atoms with Gasteiger partial charge in [-0.1, -0.05) is 38.7 Å². The van der Waals surface area contributed by atoms with Gasteiger partial charge in [-0.3, -0.25) is 0 Å². The first kappa shape index (κ1) is 16.0. The summed E-state index contributed by atoms with van der Waals surface area (Å²) in [6, 6.07) is 4.31. The average molecular weight is 294 g/mol. The van der Waals surface area contributed by atoms with Crippen LogP contribution in [0.15, 0.2) is 18.2 Å². The highest BCUT2D eigenvalue weighted by atomic mass is 19.1. The molecule has 4 heteroatoms. The smallest absolute Gasteiger partial charge is 0.338 e. The maximum Gasteiger partial charge on any atom is 0.338 e. The van der Waals surface area contributed by atoms with Crippen LogP contribution in [0.4, 0.5) is 4.39 Å². The topological polar surface area (TPSA) is 46.5 Å². The van der Waals surface area contributed by atoms with Gasteiger partial charge in [-0.05, 0) is 36.5 Å². The maximum absolute atomic E-state index is 13.8. The Hall–Kier alpha value is -1.42. The number of carboxylic acids is 1. The Morgan fingerprint density at radius 2 is 2.24 bits per heavy atom. The van der Waals surface area contributed by atoms with Crippen molar-refractivity contribution >= 4 is 5.97 Å². The predicted molar refractivity (Wildman–Crippen MR) is 78.9 cm³/mol. The van der Waals surface area contributed by atoms with Gasteiger partial charge in [-0.15, -0.1) is 0 Å². The molecule has 0 spiro atoms. The number of rotatable bonds is 6. The second kappa shape index (κ2) is 7.55. The Morgan fingerprint density at radius 3 is 2.90 bits per heavy atom. The van der Waals surface area contributed by atoms with E-state index in [4.69, 9.17) is 9.84 Å². The van der Waals surface area contributed by atoms with Gasteiger partial charge < -0.3 is 9.84 Å². The predicted octanol–water partition coefficient (Wildman–Crippen LogP) is 4.57. The number of halogens is 1. The van der Waals surface area contributed by atoms with Crippen LogP contribution in [-0.2, 0) is 4.74 Å². The SMILES string of the molecule is CCCCCC1CCOC(c2ccc(C(=O)O)c(F)c2)C1. The van der Waals surface area contributed by atoms with Crippen molar-refractivity contribution in [1.82, 2.24) is 0 Å². The lowest BCUT2D eigenvalue weighted by atomic mass is 9.88. The highest BCUT2D eigenvalue weighted by Gasteiger charge is 2.24. The van der Waals surface area contributed by atoms with E-state index in [0.29, 0.717) is 12.5 Å². The minimum atomic E-state index is -1.24. The first-order valence-electron chi connectivity index (χ1n) is 7.76. The monoisotopic (exact) mass is 294 g/mol. The molecule has 1 N–H and O–H groups in total. The fourth-order valence-electron chi connectivity index (χ4n) is 2.95. The summed E-state index contributed by atoms with van der Waals surface area (Å²) in [5, 5.41) is 8.86. The zero-order valence-corrected chi connectivity index (χ0v) is 12.5. The molecule has 1 aromatic rings. The van der Waals surface area contributed by atoms with Crippen molar-refractivity contribution in [1.29, 1.82) is 0 Å². The van der Waals surface area contributed by atoms with Gasteiger partial charge in [0.15, 0.2) is 0 Å². The van der Waals surface area contributed by atoms with Gasteiger partial charge in [0.2, 0.25) is 0 Å². The minimum Gasteiger partial charge on any atom is -0.478 e. The third-order valence-electron chi connectivity index (χ3n) is 4.20. The fraction of sp³-hybridized carbons (Fsp3) is 0.588. The highest BCUT2D eigenvalue weighted by Crippen LogP contribution is 2.34. The molecule has 3 nitrogen and oxygen atoms in total. The molecule has 1 fully saturated rings. The van der Waals surface area contributed by atoms with Crippen LogP contribution in [0.3, 0.4) is 0 Å². The largest absolute Gasteiger partial charge is 0.478 e. The lowest BCUT2D eigenvalue weighted by Crippen LogP contribution is -2.20. The first-order valence-corrected chi connectivity index (χ1v) is 7.76. The third kappa shape index (κ3) is 4.27. The van der Waals surface area contributed by atoms with Crippen molar-refractivity contribution < 1.29 is 19.0 Å². The lowest BCUT2D eigenvalue weighted by Gasteiger charge is -2.30. The molecule has 1 saturated heterocycles. The summed E-state index contributed by atoms with van der Waals surface area (Å²) in [6.07, 6.45) is 6.76. The van der Waals surface area contributed by atoms with Gasteiger partial charge in [-0.2, -0.15) is 0 Å². The molecule has 2 unspecified atom stereocenters. The van der Waals surface area contributed by atoms with Gasteiger partial charge in [0, 0.05) is 6.61 Å². The Kier molecular flexibility index (Phi) is 5.74. The Balaban J connectivity index is 2.00. The summed E-state index contributed by atoms with van der Waals surface area (Å²) in [5.41, 5.74) is 0.465. The highest BCUT2D eigenvalue weighted by molar-refractivity contribution is 5.87. The molecule has 1 aliphatic rings. The molecule has 0 amide bonds. The summed E-state index contributed by atoms with van der Waals surface area (Å²) >= 11 is 0. The second-order valence-electron chi connectivity index (χ2n) is 5.79. The van der Waals surface area contributed by atoms with Crippen LogP contribution in [0.2, 0.25) is 0 Å². The number of hydrogen-bond acceptors (Lipinski definition) is 2. The number of hydrogen-bond donors (Lipinski definition) is 1. The van der Waals surface area contributed by atoms with Crippen molar-refractivity contribution in [3.63, 3.8) is 0 Å². The van der Waals surface area contributed by atoms with Crippen molar-refractivity contribution in [2.24, 2.45) is 5.92 Å². The number of aromatic carboxylic acids is 1. The van der Waals surface area contributed by atoms with E-state index in [0.717, 1.165) is 18.4 Å². The molecular weight excluding hydrogens is 271 g/mol. The molecule has 1 aliphatic heterocycles. The summed E-state index contributed by atoms with van der Waals surface area (Å²) in [6.45, 7) is 2.89. The van der Waals surface area contributed by atoms with Crippen LogP contribution in [0.5, 0.6) is 0 Å². The van der Waals surface area contributed by atoms with Gasteiger partial charge in [0.05, 0.1) is 11.7 Å². The van der Waals surface area contributed by atoms with E-state index in [9.17, 15) is 9.18 Å². The molecule has 0 saturated carbocycles. The molecule has 0 aliphatic carbocycles. The molecule has 0 bridgehead atoms. The molecule has 0 aromatic heterocycles. The summed E-state index contributed by atoms with van der Waals surface area (Å²) < 4.78 is 19.5. The fourth-order valence-corrected chi connectivity index (χ4v) is 2.95. The van der Waals surface area contributed by atoms with Crippen LogP contribution in [0, 0.1) is 11.7 Å². The van der Waals surface area contributed by atoms with Crippen molar-refractivity contribution in [2.75, 3.05) is 6.61 Å². The molecule has 2 atom stereocenters. The molecule has 1 aromatic carbocycles. The normalized spacial score (nSPS) is 22.2. The molecule has 1 heterocycles. The van der Waals surface area contributed by atoms with Crippen LogP contribution in [-0.4, -0.2) is 17.7 Å². The second-order valence-corrected chi connectivity index (χ2v) is 5.79. The first-order chi connectivity index (χ1) is 10.1. The van der Waals surface area contributed by atoms with E-state index in [-0.39, 0.29) is 11.7 Å². The number of ether oxygens (including phenoxy) is 1. The molecular formula is C17H23FO3. The van der Waals surface area contributed by atoms with Crippen LogP contribution >= 0.6 is 0 Å². The molecule has 21 heavy (non-hydrogen) atoms. The molecule has 0 radical (unpaired) electrons. The maximum atomic E-state index is 13.8. The summed E-state index contributed by atoms with van der Waals surface area (Å²) in [4.78, 5) is 10.8. The van der Waals surface area contributed by atoms with Gasteiger partial charge >= 0.3 is 5.97 Å². The number of unbranched alkanes of at least 4 members (excludes halogenated alkanes) is 2. The Labute approximate surface area is 125 Å². The quantitative estimate of drug-likeness (QED) is 0.782. The van der Waals surface area contributed by atoms with Crippen molar-refractivity contribution in [3.8, 4) is 0 Å². The van der Waals surface area contributed by atoms with Crippen LogP contribution in [0.25, 0.3) is 0 Å². The number of benzene rings is 1. The van der Waals surface area contributed by atoms with E-state index < -0.39 is 11.8 Å². The number of carboxylic acid groups (broad SMARTS) is 1. The van der Waals surface area contributed by atoms with E-state index in [1.54, 1.807) is 6.07 Å². The van der Waals surface area contributed by atoms with Gasteiger partial charge in [-0.25, -0.2) is 9.18 Å². The third-order valence-corrected chi connectivity index (χ3v) is 4.20. The molecule has 116 valence electrons. The summed E-state index contributed by atoms with van der Waals surface area (Å²) in [5.74, 6) is -1.30. The van der Waals surface area contributed by atoms with Crippen molar-refractivity contribution in [3.05, 3.63) is 35.1 Å². The standard InChI is InChI=1S/C17H23FO3/c1-2-3-4-5-12-8-9-21-16(10-12)13-6-7-14(17(19)20)15(18)11-13/h6-7,11-12,16H,2-5,8-10H2,1H3,(H,19,20). The van der Waals surface area contributed by atoms with Crippen LogP contribution < -0.4 is 0 Å². The summed E-state index contributed by atoms with van der Waals surface area (Å²) in [7, 11) is 0. The van der Waals surface area contributed by atoms with Gasteiger partial charge in [0.1, 0.15) is 5.82 Å². The van der Waals surface area contributed by atoms with Gasteiger partial charge in [0.25, 0.3) is 0 Å². The van der Waals surface area contributed by atoms with Crippen LogP contribution in [0.1, 0.15) is 67.5 Å². The minimum absolute atomic E-state index is 0.109. The Morgan fingerprint density at radius 1 is 1.43 bits per heavy atom. The van der Waals surface area contributed by atoms with E-state index in [2.05, 4.69) is 6.92 Å². The number of carbonyl (C=O) groups is 1. The average Bonchev–Trinajstić information content (AvgIpc) is 2.47. The molecule has 2 rings (SSSR count). The zero-order chi connectivity index (χ0) is 15.2. The van der Waals surface area contributed by atoms with E-state index in [1.807, 2.05) is 0 Å². The zero-order valence-electron chi connectivity index (χ0n) is 12.5.